The molecule has 3 rings (SSSR count). The number of hydrogen-bond acceptors (Lipinski definition) is 4. The second kappa shape index (κ2) is 6.71. The molecular weight excluding hydrogens is 330 g/mol. The van der Waals surface area contributed by atoms with Gasteiger partial charge in [-0.3, -0.25) is 9.52 Å². The molecule has 1 N–H and O–H groups in total. The molecule has 0 aliphatic heterocycles. The van der Waals surface area contributed by atoms with Crippen LogP contribution in [0.15, 0.2) is 28.7 Å². The molecule has 1 atom stereocenters. The first-order valence-electron chi connectivity index (χ1n) is 7.76. The molecule has 1 aliphatic carbocycles. The molecule has 4 nitrogen and oxygen atoms in total. The van der Waals surface area contributed by atoms with E-state index in [0.29, 0.717) is 11.8 Å². The topological polar surface area (TPSA) is 51.5 Å². The number of nitrogens with one attached hydrogen (secondary N) is 1. The summed E-state index contributed by atoms with van der Waals surface area (Å²) in [7, 11) is -0.147. The van der Waals surface area contributed by atoms with Crippen LogP contribution in [0, 0.1) is 5.92 Å². The van der Waals surface area contributed by atoms with Crippen molar-refractivity contribution in [2.75, 3.05) is 6.26 Å². The van der Waals surface area contributed by atoms with Gasteiger partial charge in [-0.1, -0.05) is 23.5 Å². The van der Waals surface area contributed by atoms with Gasteiger partial charge in [0.1, 0.15) is 17.4 Å². The maximum atomic E-state index is 12.0. The molecule has 1 fully saturated rings. The highest BCUT2D eigenvalue weighted by atomic mass is 32.8. The van der Waals surface area contributed by atoms with Crippen LogP contribution in [0.1, 0.15) is 37.2 Å². The van der Waals surface area contributed by atoms with Crippen LogP contribution < -0.4 is 9.46 Å². The van der Waals surface area contributed by atoms with Gasteiger partial charge in [0.05, 0.1) is 0 Å². The van der Waals surface area contributed by atoms with Crippen LogP contribution in [0.3, 0.4) is 0 Å². The Morgan fingerprint density at radius 2 is 2.13 bits per heavy atom. The molecule has 124 valence electrons. The predicted octanol–water partition coefficient (Wildman–Crippen LogP) is 3.40. The van der Waals surface area contributed by atoms with Crippen molar-refractivity contribution >= 4 is 37.6 Å². The van der Waals surface area contributed by atoms with E-state index in [-0.39, 0.29) is 27.4 Å². The zero-order valence-electron chi connectivity index (χ0n) is 13.5. The lowest BCUT2D eigenvalue weighted by molar-refractivity contribution is 0.0913. The van der Waals surface area contributed by atoms with Crippen molar-refractivity contribution in [3.63, 3.8) is 0 Å². The van der Waals surface area contributed by atoms with Gasteiger partial charge in [-0.25, -0.2) is 0 Å². The minimum absolute atomic E-state index is 0.0236. The van der Waals surface area contributed by atoms with Crippen LogP contribution in [0.25, 0.3) is 11.0 Å². The van der Waals surface area contributed by atoms with Crippen molar-refractivity contribution in [2.24, 2.45) is 5.92 Å². The summed E-state index contributed by atoms with van der Waals surface area (Å²) in [6, 6.07) is 7.97. The summed E-state index contributed by atoms with van der Waals surface area (Å²) in [5.74, 6) is 1.19. The number of Topliss-reactive ketones (excluding diaryl/α,β-unsaturated/α-hetero) is 1. The minimum Gasteiger partial charge on any atom is -0.490 e. The van der Waals surface area contributed by atoms with E-state index in [1.165, 1.54) is 0 Å². The molecule has 0 spiro atoms. The third-order valence-corrected chi connectivity index (χ3v) is 4.94. The lowest BCUT2D eigenvalue weighted by Crippen LogP contribution is -2.46. The van der Waals surface area contributed by atoms with E-state index in [1.54, 1.807) is 6.07 Å². The summed E-state index contributed by atoms with van der Waals surface area (Å²) in [6.07, 6.45) is 4.20. The molecule has 1 aromatic carbocycles. The van der Waals surface area contributed by atoms with E-state index in [0.717, 1.165) is 29.6 Å². The van der Waals surface area contributed by atoms with Crippen LogP contribution in [-0.4, -0.2) is 24.2 Å². The molecular formula is C17H21NO3S2. The molecule has 0 bridgehead atoms. The fourth-order valence-corrected chi connectivity index (χ4v) is 3.76. The smallest absolute Gasteiger partial charge is 0.200 e. The predicted molar refractivity (Wildman–Crippen MR) is 96.6 cm³/mol. The Kier molecular flexibility index (Phi) is 4.85. The van der Waals surface area contributed by atoms with Gasteiger partial charge >= 0.3 is 0 Å². The van der Waals surface area contributed by atoms with Gasteiger partial charge in [-0.05, 0) is 41.7 Å². The fraction of sp³-hybridized carbons (Fsp3) is 0.471. The van der Waals surface area contributed by atoms with Crippen LogP contribution in [0.5, 0.6) is 5.75 Å². The summed E-state index contributed by atoms with van der Waals surface area (Å²) < 4.78 is 15.0. The zero-order chi connectivity index (χ0) is 16.6. The molecule has 0 radical (unpaired) electrons. The Morgan fingerprint density at radius 1 is 1.39 bits per heavy atom. The van der Waals surface area contributed by atoms with Gasteiger partial charge in [0.2, 0.25) is 5.78 Å². The number of ether oxygens (including phenoxy) is 1. The van der Waals surface area contributed by atoms with E-state index < -0.39 is 0 Å². The Hall–Kier alpha value is -1.24. The number of rotatable bonds is 6. The number of hydrogen-bond donors (Lipinski definition) is 1. The monoisotopic (exact) mass is 351 g/mol. The van der Waals surface area contributed by atoms with E-state index >= 15 is 0 Å². The standard InChI is InChI=1S/C17H21NO3S2/c1-10(2)17(19)16-7-11-6-13(4-5-15(11)21-16)20-14-8-12(9-14)18-23(3)22/h4-7,10,12,14,18H,8-9H2,1-3H3/t12-,14-,23?. The molecule has 1 saturated carbocycles. The number of fused-ring (bicyclic) bond motifs is 1. The quantitative estimate of drug-likeness (QED) is 0.809. The fourth-order valence-electron chi connectivity index (χ4n) is 2.69. The average molecular weight is 351 g/mol. The van der Waals surface area contributed by atoms with Crippen molar-refractivity contribution in [3.05, 3.63) is 30.0 Å². The van der Waals surface area contributed by atoms with Crippen molar-refractivity contribution in [2.45, 2.75) is 38.8 Å². The van der Waals surface area contributed by atoms with Gasteiger partial charge in [-0.15, -0.1) is 0 Å². The SMILES string of the molecule is CC(C)C(=O)c1cc2cc(O[C@H]3C[C@H](NS(C)=S)C3)ccc2o1. The maximum absolute atomic E-state index is 12.0. The van der Waals surface area contributed by atoms with Gasteiger partial charge < -0.3 is 9.15 Å². The van der Waals surface area contributed by atoms with Gasteiger partial charge in [0.15, 0.2) is 5.76 Å². The molecule has 1 aliphatic rings. The Labute approximate surface area is 143 Å². The largest absolute Gasteiger partial charge is 0.490 e. The van der Waals surface area contributed by atoms with Gasteiger partial charge in [0.25, 0.3) is 0 Å². The highest BCUT2D eigenvalue weighted by Crippen LogP contribution is 2.30. The van der Waals surface area contributed by atoms with Crippen molar-refractivity contribution < 1.29 is 13.9 Å². The van der Waals surface area contributed by atoms with Crippen LogP contribution in [0.2, 0.25) is 0 Å². The number of carbonyl (C=O) groups is 1. The molecule has 2 aromatic rings. The summed E-state index contributed by atoms with van der Waals surface area (Å²) >= 11 is 5.16. The zero-order valence-corrected chi connectivity index (χ0v) is 15.1. The molecule has 1 heterocycles. The normalized spacial score (nSPS) is 22.1. The number of ketones is 1. The summed E-state index contributed by atoms with van der Waals surface area (Å²) in [4.78, 5) is 12.0. The first-order chi connectivity index (χ1) is 10.9. The highest BCUT2D eigenvalue weighted by Gasteiger charge is 2.31. The lowest BCUT2D eigenvalue weighted by atomic mass is 9.90. The Balaban J connectivity index is 1.67. The first-order valence-corrected chi connectivity index (χ1v) is 10.3. The maximum Gasteiger partial charge on any atom is 0.200 e. The number of carbonyl (C=O) groups excluding carboxylic acids is 1. The number of benzene rings is 1. The van der Waals surface area contributed by atoms with Crippen molar-refractivity contribution in [1.82, 2.24) is 4.72 Å². The molecule has 0 amide bonds. The van der Waals surface area contributed by atoms with E-state index in [4.69, 9.17) is 20.3 Å². The molecule has 6 heteroatoms. The molecule has 23 heavy (non-hydrogen) atoms. The second-order valence-corrected chi connectivity index (χ2v) is 8.95. The molecule has 1 unspecified atom stereocenters. The van der Waals surface area contributed by atoms with Crippen molar-refractivity contribution in [3.8, 4) is 5.75 Å². The highest BCUT2D eigenvalue weighted by molar-refractivity contribution is 8.27. The molecule has 1 aromatic heterocycles. The minimum atomic E-state index is -0.147. The van der Waals surface area contributed by atoms with Crippen LogP contribution in [0.4, 0.5) is 0 Å². The number of furan rings is 1. The van der Waals surface area contributed by atoms with E-state index in [1.807, 2.05) is 38.3 Å². The molecule has 0 saturated heterocycles. The summed E-state index contributed by atoms with van der Waals surface area (Å²) in [6.45, 7) is 3.74. The lowest BCUT2D eigenvalue weighted by Gasteiger charge is -2.35. The average Bonchev–Trinajstić information content (AvgIpc) is 2.86. The van der Waals surface area contributed by atoms with Crippen LogP contribution >= 0.6 is 0 Å². The van der Waals surface area contributed by atoms with Gasteiger partial charge in [0, 0.05) is 30.2 Å². The van der Waals surface area contributed by atoms with E-state index in [2.05, 4.69) is 4.72 Å². The van der Waals surface area contributed by atoms with Crippen molar-refractivity contribution in [1.29, 1.82) is 0 Å². The third kappa shape index (κ3) is 3.82. The summed E-state index contributed by atoms with van der Waals surface area (Å²) in [5, 5.41) is 0.904. The third-order valence-electron chi connectivity index (χ3n) is 3.99. The van der Waals surface area contributed by atoms with Gasteiger partial charge in [-0.2, -0.15) is 0 Å². The first kappa shape index (κ1) is 16.6. The van der Waals surface area contributed by atoms with Crippen LogP contribution in [-0.2, 0) is 20.8 Å². The second-order valence-electron chi connectivity index (χ2n) is 6.31. The Bertz CT molecular complexity index is 747. The van der Waals surface area contributed by atoms with E-state index in [9.17, 15) is 4.79 Å². The Morgan fingerprint density at radius 3 is 2.78 bits per heavy atom. The summed E-state index contributed by atoms with van der Waals surface area (Å²) in [5.41, 5.74) is 0.718.